The fourth-order valence-corrected chi connectivity index (χ4v) is 4.05. The highest BCUT2D eigenvalue weighted by molar-refractivity contribution is 5.38. The van der Waals surface area contributed by atoms with Crippen LogP contribution < -0.4 is 11.1 Å². The number of nitrogen functional groups attached to an aromatic ring is 1. The van der Waals surface area contributed by atoms with E-state index in [1.165, 1.54) is 11.1 Å². The number of nitrogens with zero attached hydrogens (tertiary/aromatic N) is 2. The lowest BCUT2D eigenvalue weighted by atomic mass is 9.74. The molecule has 4 rings (SSSR count). The lowest BCUT2D eigenvalue weighted by Gasteiger charge is -2.39. The first-order valence-electron chi connectivity index (χ1n) is 8.23. The van der Waals surface area contributed by atoms with Crippen LogP contribution in [0.25, 0.3) is 0 Å². The summed E-state index contributed by atoms with van der Waals surface area (Å²) in [6, 6.07) is 10.8. The number of hydrogen-bond donors (Lipinski definition) is 2. The number of nitrogens with two attached hydrogens (primary N) is 1. The van der Waals surface area contributed by atoms with Gasteiger partial charge >= 0.3 is 0 Å². The first kappa shape index (κ1) is 14.6. The fraction of sp³-hybridized carbons (Fsp3) is 0.444. The minimum Gasteiger partial charge on any atom is -0.384 e. The summed E-state index contributed by atoms with van der Waals surface area (Å²) in [5.74, 6) is 1.26. The van der Waals surface area contributed by atoms with Gasteiger partial charge < -0.3 is 15.8 Å². The highest BCUT2D eigenvalue weighted by Gasteiger charge is 2.46. The molecule has 1 atom stereocenters. The van der Waals surface area contributed by atoms with Gasteiger partial charge in [-0.1, -0.05) is 24.3 Å². The molecule has 23 heavy (non-hydrogen) atoms. The van der Waals surface area contributed by atoms with Crippen LogP contribution in [0.4, 0.5) is 5.82 Å². The summed E-state index contributed by atoms with van der Waals surface area (Å²) < 4.78 is 5.61. The molecule has 1 aromatic carbocycles. The van der Waals surface area contributed by atoms with Gasteiger partial charge in [0.05, 0.1) is 6.54 Å². The van der Waals surface area contributed by atoms with E-state index in [-0.39, 0.29) is 5.41 Å². The Morgan fingerprint density at radius 1 is 1.22 bits per heavy atom. The zero-order valence-corrected chi connectivity index (χ0v) is 13.2. The Labute approximate surface area is 136 Å². The zero-order chi connectivity index (χ0) is 15.7. The molecular weight excluding hydrogens is 288 g/mol. The van der Waals surface area contributed by atoms with E-state index in [1.54, 1.807) is 12.3 Å². The predicted molar refractivity (Wildman–Crippen MR) is 88.7 cm³/mol. The summed E-state index contributed by atoms with van der Waals surface area (Å²) in [5, 5.41) is 3.71. The number of fused-ring (bicyclic) bond motifs is 1. The van der Waals surface area contributed by atoms with Gasteiger partial charge in [-0.2, -0.15) is 0 Å². The molecule has 2 aromatic rings. The van der Waals surface area contributed by atoms with Crippen molar-refractivity contribution < 1.29 is 4.74 Å². The number of aromatic nitrogens is 2. The summed E-state index contributed by atoms with van der Waals surface area (Å²) in [5.41, 5.74) is 8.89. The third-order valence-electron chi connectivity index (χ3n) is 5.20. The third kappa shape index (κ3) is 2.71. The second-order valence-electron chi connectivity index (χ2n) is 6.56. The number of ether oxygens (including phenoxy) is 1. The van der Waals surface area contributed by atoms with E-state index in [1.807, 2.05) is 0 Å². The van der Waals surface area contributed by atoms with Crippen molar-refractivity contribution in [1.82, 2.24) is 15.3 Å². The van der Waals surface area contributed by atoms with Gasteiger partial charge in [0, 0.05) is 25.5 Å². The average molecular weight is 310 g/mol. The lowest BCUT2D eigenvalue weighted by Crippen LogP contribution is -2.40. The molecular formula is C18H22N4O. The number of rotatable bonds is 3. The molecule has 0 amide bonds. The van der Waals surface area contributed by atoms with Crippen LogP contribution in [0.2, 0.25) is 0 Å². The number of nitrogens with one attached hydrogen (secondary N) is 1. The Morgan fingerprint density at radius 2 is 2.04 bits per heavy atom. The molecule has 2 aliphatic rings. The quantitative estimate of drug-likeness (QED) is 0.909. The van der Waals surface area contributed by atoms with Gasteiger partial charge in [-0.05, 0) is 41.9 Å². The molecule has 0 radical (unpaired) electrons. The monoisotopic (exact) mass is 310 g/mol. The molecule has 1 unspecified atom stereocenters. The molecule has 1 aliphatic carbocycles. The number of benzene rings is 1. The molecule has 3 N–H and O–H groups in total. The van der Waals surface area contributed by atoms with Crippen LogP contribution in [-0.2, 0) is 17.7 Å². The van der Waals surface area contributed by atoms with Gasteiger partial charge in [0.25, 0.3) is 0 Å². The van der Waals surface area contributed by atoms with Gasteiger partial charge in [-0.3, -0.25) is 0 Å². The summed E-state index contributed by atoms with van der Waals surface area (Å²) in [6.45, 7) is 2.33. The minimum atomic E-state index is 0.252. The zero-order valence-electron chi connectivity index (χ0n) is 13.2. The molecule has 1 fully saturated rings. The van der Waals surface area contributed by atoms with Gasteiger partial charge in [-0.25, -0.2) is 9.97 Å². The summed E-state index contributed by atoms with van der Waals surface area (Å²) in [6.07, 6.45) is 5.03. The van der Waals surface area contributed by atoms with Crippen LogP contribution in [0, 0.1) is 5.41 Å². The van der Waals surface area contributed by atoms with Crippen molar-refractivity contribution in [2.45, 2.75) is 31.8 Å². The summed E-state index contributed by atoms with van der Waals surface area (Å²) >= 11 is 0. The van der Waals surface area contributed by atoms with Gasteiger partial charge in [0.1, 0.15) is 11.6 Å². The van der Waals surface area contributed by atoms with E-state index in [0.717, 1.165) is 38.3 Å². The van der Waals surface area contributed by atoms with Crippen molar-refractivity contribution >= 4 is 5.82 Å². The molecule has 5 nitrogen and oxygen atoms in total. The van der Waals surface area contributed by atoms with Crippen LogP contribution in [0.15, 0.2) is 36.5 Å². The van der Waals surface area contributed by atoms with Crippen LogP contribution >= 0.6 is 0 Å². The number of anilines is 1. The molecule has 2 heterocycles. The van der Waals surface area contributed by atoms with Crippen molar-refractivity contribution in [2.24, 2.45) is 5.41 Å². The minimum absolute atomic E-state index is 0.252. The van der Waals surface area contributed by atoms with Crippen molar-refractivity contribution in [3.05, 3.63) is 53.5 Å². The Hall–Kier alpha value is -1.98. The normalized spacial score (nSPS) is 22.2. The maximum absolute atomic E-state index is 5.76. The topological polar surface area (TPSA) is 73.1 Å². The van der Waals surface area contributed by atoms with Crippen molar-refractivity contribution in [2.75, 3.05) is 18.9 Å². The molecule has 1 spiro atoms. The van der Waals surface area contributed by atoms with Crippen molar-refractivity contribution in [1.29, 1.82) is 0 Å². The highest BCUT2D eigenvalue weighted by Crippen LogP contribution is 2.51. The lowest BCUT2D eigenvalue weighted by molar-refractivity contribution is -0.000334. The summed E-state index contributed by atoms with van der Waals surface area (Å²) in [7, 11) is 0. The van der Waals surface area contributed by atoms with E-state index in [2.05, 4.69) is 39.6 Å². The maximum Gasteiger partial charge on any atom is 0.144 e. The second kappa shape index (κ2) is 5.91. The van der Waals surface area contributed by atoms with E-state index < -0.39 is 0 Å². The Bertz CT molecular complexity index is 697. The van der Waals surface area contributed by atoms with E-state index in [0.29, 0.717) is 18.4 Å². The van der Waals surface area contributed by atoms with Crippen LogP contribution in [0.1, 0.15) is 35.8 Å². The van der Waals surface area contributed by atoms with E-state index in [4.69, 9.17) is 10.5 Å². The standard InChI is InChI=1S/C18H22N4O/c19-15-5-8-20-16(22-15)12-21-17-14-4-2-1-3-13(14)11-18(17)6-9-23-10-7-18/h1-5,8,17,21H,6-7,9-12H2,(H2,19,20,22). The molecule has 1 aromatic heterocycles. The van der Waals surface area contributed by atoms with Crippen LogP contribution in [0.5, 0.6) is 0 Å². The Kier molecular flexibility index (Phi) is 3.75. The molecule has 5 heteroatoms. The molecule has 120 valence electrons. The smallest absolute Gasteiger partial charge is 0.144 e. The van der Waals surface area contributed by atoms with Crippen molar-refractivity contribution in [3.8, 4) is 0 Å². The van der Waals surface area contributed by atoms with E-state index >= 15 is 0 Å². The fourth-order valence-electron chi connectivity index (χ4n) is 4.05. The van der Waals surface area contributed by atoms with Crippen LogP contribution in [-0.4, -0.2) is 23.2 Å². The first-order valence-corrected chi connectivity index (χ1v) is 8.23. The highest BCUT2D eigenvalue weighted by atomic mass is 16.5. The Morgan fingerprint density at radius 3 is 2.87 bits per heavy atom. The molecule has 0 saturated carbocycles. The first-order chi connectivity index (χ1) is 11.3. The molecule has 0 bridgehead atoms. The van der Waals surface area contributed by atoms with Gasteiger partial charge in [0.2, 0.25) is 0 Å². The average Bonchev–Trinajstić information content (AvgIpc) is 2.86. The molecule has 1 saturated heterocycles. The third-order valence-corrected chi connectivity index (χ3v) is 5.20. The summed E-state index contributed by atoms with van der Waals surface area (Å²) in [4.78, 5) is 8.61. The maximum atomic E-state index is 5.76. The SMILES string of the molecule is Nc1ccnc(CNC2c3ccccc3CC23CCOCC3)n1. The van der Waals surface area contributed by atoms with Gasteiger partial charge in [-0.15, -0.1) is 0 Å². The second-order valence-corrected chi connectivity index (χ2v) is 6.56. The molecule has 1 aliphatic heterocycles. The predicted octanol–water partition coefficient (Wildman–Crippen LogP) is 2.24. The van der Waals surface area contributed by atoms with Gasteiger partial charge in [0.15, 0.2) is 0 Å². The Balaban J connectivity index is 1.60. The van der Waals surface area contributed by atoms with Crippen molar-refractivity contribution in [3.63, 3.8) is 0 Å². The van der Waals surface area contributed by atoms with E-state index in [9.17, 15) is 0 Å². The largest absolute Gasteiger partial charge is 0.384 e. The van der Waals surface area contributed by atoms with Crippen LogP contribution in [0.3, 0.4) is 0 Å². The number of hydrogen-bond acceptors (Lipinski definition) is 5.